The van der Waals surface area contributed by atoms with Crippen LogP contribution in [0.3, 0.4) is 0 Å². The predicted molar refractivity (Wildman–Crippen MR) is 79.8 cm³/mol. The molecule has 0 aliphatic heterocycles. The van der Waals surface area contributed by atoms with Gasteiger partial charge in [0.1, 0.15) is 5.75 Å². The average Bonchev–Trinajstić information content (AvgIpc) is 2.53. The van der Waals surface area contributed by atoms with Crippen LogP contribution in [0, 0.1) is 0 Å². The third kappa shape index (κ3) is 6.04. The first-order valence-electron chi connectivity index (χ1n) is 6.31. The first-order chi connectivity index (χ1) is 10.5. The molecule has 1 atom stereocenters. The Morgan fingerprint density at radius 1 is 1.18 bits per heavy atom. The highest BCUT2D eigenvalue weighted by Gasteiger charge is 2.20. The summed E-state index contributed by atoms with van der Waals surface area (Å²) in [6.45, 7) is 1.37. The molecule has 0 aliphatic rings. The summed E-state index contributed by atoms with van der Waals surface area (Å²) >= 11 is 1.27. The number of imide groups is 1. The molecule has 1 rings (SSSR count). The van der Waals surface area contributed by atoms with Gasteiger partial charge in [0.15, 0.2) is 6.10 Å². The Kier molecular flexibility index (Phi) is 7.24. The van der Waals surface area contributed by atoms with Crippen LogP contribution >= 0.6 is 11.8 Å². The van der Waals surface area contributed by atoms with E-state index in [1.54, 1.807) is 19.2 Å². The zero-order valence-corrected chi connectivity index (χ0v) is 13.3. The lowest BCUT2D eigenvalue weighted by atomic mass is 10.3. The van der Waals surface area contributed by atoms with Crippen molar-refractivity contribution in [1.29, 1.82) is 0 Å². The first-order valence-corrected chi connectivity index (χ1v) is 7.30. The largest absolute Gasteiger partial charge is 0.497 e. The number of esters is 1. The van der Waals surface area contributed by atoms with Crippen molar-refractivity contribution in [1.82, 2.24) is 5.32 Å². The summed E-state index contributed by atoms with van der Waals surface area (Å²) in [4.78, 5) is 34.9. The number of nitrogens with one attached hydrogen (secondary N) is 1. The van der Waals surface area contributed by atoms with Gasteiger partial charge in [-0.3, -0.25) is 14.9 Å². The van der Waals surface area contributed by atoms with E-state index in [1.807, 2.05) is 17.4 Å². The van der Waals surface area contributed by atoms with Gasteiger partial charge >= 0.3 is 12.1 Å². The quantitative estimate of drug-likeness (QED) is 0.627. The number of carbonyl (C=O) groups is 3. The molecule has 120 valence electrons. The fourth-order valence-electron chi connectivity index (χ4n) is 1.35. The molecule has 1 aromatic rings. The lowest BCUT2D eigenvalue weighted by Gasteiger charge is -2.12. The molecule has 0 fully saturated rings. The Bertz CT molecular complexity index is 531. The van der Waals surface area contributed by atoms with Gasteiger partial charge in [0.05, 0.1) is 20.0 Å². The number of carbonyl (C=O) groups excluding carboxylic acids is 3. The van der Waals surface area contributed by atoms with E-state index in [0.717, 1.165) is 17.8 Å². The molecular weight excluding hydrogens is 310 g/mol. The van der Waals surface area contributed by atoms with Gasteiger partial charge in [-0.15, -0.1) is 11.8 Å². The summed E-state index contributed by atoms with van der Waals surface area (Å²) in [7, 11) is 2.70. The minimum atomic E-state index is -1.08. The van der Waals surface area contributed by atoms with Crippen molar-refractivity contribution in [2.24, 2.45) is 0 Å². The molecule has 1 N–H and O–H groups in total. The smallest absolute Gasteiger partial charge is 0.413 e. The number of methoxy groups -OCH3 is 2. The Balaban J connectivity index is 2.38. The number of amides is 2. The average molecular weight is 327 g/mol. The van der Waals surface area contributed by atoms with Gasteiger partial charge in [-0.05, 0) is 31.2 Å². The molecule has 0 saturated heterocycles. The van der Waals surface area contributed by atoms with Crippen molar-refractivity contribution >= 4 is 29.7 Å². The Morgan fingerprint density at radius 2 is 1.82 bits per heavy atom. The van der Waals surface area contributed by atoms with Gasteiger partial charge in [0, 0.05) is 4.90 Å². The van der Waals surface area contributed by atoms with Gasteiger partial charge in [-0.25, -0.2) is 4.79 Å². The second-order valence-corrected chi connectivity index (χ2v) is 5.13. The van der Waals surface area contributed by atoms with Gasteiger partial charge in [-0.2, -0.15) is 0 Å². The lowest BCUT2D eigenvalue weighted by molar-refractivity contribution is -0.152. The van der Waals surface area contributed by atoms with Gasteiger partial charge < -0.3 is 14.2 Å². The molecule has 0 bridgehead atoms. The van der Waals surface area contributed by atoms with Crippen LogP contribution in [0.2, 0.25) is 0 Å². The zero-order valence-electron chi connectivity index (χ0n) is 12.5. The summed E-state index contributed by atoms with van der Waals surface area (Å²) in [6, 6.07) is 7.18. The number of hydrogen-bond donors (Lipinski definition) is 1. The Labute approximate surface area is 132 Å². The van der Waals surface area contributed by atoms with Crippen LogP contribution in [-0.2, 0) is 19.1 Å². The monoisotopic (exact) mass is 327 g/mol. The van der Waals surface area contributed by atoms with Crippen LogP contribution in [0.5, 0.6) is 5.75 Å². The van der Waals surface area contributed by atoms with Crippen LogP contribution in [0.25, 0.3) is 0 Å². The highest BCUT2D eigenvalue weighted by Crippen LogP contribution is 2.21. The fraction of sp³-hybridized carbons (Fsp3) is 0.357. The molecule has 22 heavy (non-hydrogen) atoms. The van der Waals surface area contributed by atoms with E-state index in [-0.39, 0.29) is 5.75 Å². The Morgan fingerprint density at radius 3 is 2.36 bits per heavy atom. The van der Waals surface area contributed by atoms with Gasteiger partial charge in [0.25, 0.3) is 5.91 Å². The SMILES string of the molecule is COC(=O)NC(=O)[C@H](C)OC(=O)CSc1ccc(OC)cc1. The maximum atomic E-state index is 11.6. The molecule has 0 saturated carbocycles. The third-order valence-electron chi connectivity index (χ3n) is 2.50. The van der Waals surface area contributed by atoms with E-state index in [0.29, 0.717) is 0 Å². The van der Waals surface area contributed by atoms with Crippen molar-refractivity contribution in [3.8, 4) is 5.75 Å². The summed E-state index contributed by atoms with van der Waals surface area (Å²) in [5.41, 5.74) is 0. The van der Waals surface area contributed by atoms with Crippen LogP contribution in [0.1, 0.15) is 6.92 Å². The molecule has 8 heteroatoms. The van der Waals surface area contributed by atoms with E-state index in [4.69, 9.17) is 9.47 Å². The molecule has 0 radical (unpaired) electrons. The van der Waals surface area contributed by atoms with E-state index in [2.05, 4.69) is 4.74 Å². The highest BCUT2D eigenvalue weighted by molar-refractivity contribution is 8.00. The van der Waals surface area contributed by atoms with Crippen LogP contribution < -0.4 is 10.1 Å². The molecule has 2 amide bonds. The van der Waals surface area contributed by atoms with Crippen molar-refractivity contribution in [3.05, 3.63) is 24.3 Å². The molecule has 7 nitrogen and oxygen atoms in total. The molecular formula is C14H17NO6S. The zero-order chi connectivity index (χ0) is 16.5. The van der Waals surface area contributed by atoms with Gasteiger partial charge in [-0.1, -0.05) is 0 Å². The minimum absolute atomic E-state index is 0.0438. The summed E-state index contributed by atoms with van der Waals surface area (Å²) in [5, 5.41) is 1.92. The molecule has 0 spiro atoms. The van der Waals surface area contributed by atoms with E-state index in [1.165, 1.54) is 18.7 Å². The van der Waals surface area contributed by atoms with Crippen molar-refractivity contribution in [2.45, 2.75) is 17.9 Å². The third-order valence-corrected chi connectivity index (χ3v) is 3.49. The highest BCUT2D eigenvalue weighted by atomic mass is 32.2. The number of benzene rings is 1. The maximum absolute atomic E-state index is 11.6. The second kappa shape index (κ2) is 8.93. The molecule has 0 heterocycles. The number of alkyl carbamates (subject to hydrolysis) is 1. The van der Waals surface area contributed by atoms with Crippen LogP contribution in [0.4, 0.5) is 4.79 Å². The fourth-order valence-corrected chi connectivity index (χ4v) is 2.03. The van der Waals surface area contributed by atoms with Crippen LogP contribution in [-0.4, -0.2) is 44.0 Å². The number of rotatable bonds is 6. The summed E-state index contributed by atoms with van der Waals surface area (Å²) in [5.74, 6) is -0.537. The Hall–Kier alpha value is -2.22. The molecule has 1 aromatic carbocycles. The summed E-state index contributed by atoms with van der Waals surface area (Å²) in [6.07, 6.45) is -1.98. The first kappa shape index (κ1) is 17.8. The van der Waals surface area contributed by atoms with E-state index in [9.17, 15) is 14.4 Å². The van der Waals surface area contributed by atoms with E-state index >= 15 is 0 Å². The normalized spacial score (nSPS) is 11.2. The van der Waals surface area contributed by atoms with Crippen LogP contribution in [0.15, 0.2) is 29.2 Å². The predicted octanol–water partition coefficient (Wildman–Crippen LogP) is 1.60. The molecule has 0 aliphatic carbocycles. The maximum Gasteiger partial charge on any atom is 0.413 e. The lowest BCUT2D eigenvalue weighted by Crippen LogP contribution is -2.39. The molecule has 0 unspecified atom stereocenters. The second-order valence-electron chi connectivity index (χ2n) is 4.08. The minimum Gasteiger partial charge on any atom is -0.497 e. The number of ether oxygens (including phenoxy) is 3. The number of thioether (sulfide) groups is 1. The topological polar surface area (TPSA) is 90.9 Å². The van der Waals surface area contributed by atoms with E-state index < -0.39 is 24.1 Å². The van der Waals surface area contributed by atoms with Crippen molar-refractivity contribution in [2.75, 3.05) is 20.0 Å². The molecule has 0 aromatic heterocycles. The standard InChI is InChI=1S/C14H17NO6S/c1-9(13(17)15-14(18)20-3)21-12(16)8-22-11-6-4-10(19-2)5-7-11/h4-7,9H,8H2,1-3H3,(H,15,17,18)/t9-/m0/s1. The van der Waals surface area contributed by atoms with Crippen molar-refractivity contribution in [3.63, 3.8) is 0 Å². The van der Waals surface area contributed by atoms with Crippen molar-refractivity contribution < 1.29 is 28.6 Å². The number of hydrogen-bond acceptors (Lipinski definition) is 7. The summed E-state index contributed by atoms with van der Waals surface area (Å²) < 4.78 is 14.2. The van der Waals surface area contributed by atoms with Gasteiger partial charge in [0.2, 0.25) is 0 Å².